The average Bonchev–Trinajstić information content (AvgIpc) is 3.64. The molecule has 3 aromatic rings. The molecule has 1 aliphatic rings. The predicted molar refractivity (Wildman–Crippen MR) is 143 cm³/mol. The van der Waals surface area contributed by atoms with Crippen molar-refractivity contribution in [2.24, 2.45) is 5.92 Å². The van der Waals surface area contributed by atoms with Crippen molar-refractivity contribution in [1.29, 1.82) is 0 Å². The smallest absolute Gasteiger partial charge is 0.259 e. The molecule has 0 aliphatic heterocycles. The molecule has 2 aromatic heterocycles. The second kappa shape index (κ2) is 10.9. The predicted octanol–water partition coefficient (Wildman–Crippen LogP) is 2.82. The molecule has 2 heterocycles. The Morgan fingerprint density at radius 1 is 1.39 bits per heavy atom. The van der Waals surface area contributed by atoms with Crippen LogP contribution in [-0.4, -0.2) is 68.8 Å². The lowest BCUT2D eigenvalue weighted by atomic mass is 9.99. The van der Waals surface area contributed by atoms with Crippen molar-refractivity contribution < 1.29 is 14.7 Å². The van der Waals surface area contributed by atoms with Crippen LogP contribution < -0.4 is 15.8 Å². The van der Waals surface area contributed by atoms with Crippen molar-refractivity contribution >= 4 is 41.3 Å². The van der Waals surface area contributed by atoms with Crippen LogP contribution in [0.5, 0.6) is 0 Å². The first kappa shape index (κ1) is 25.9. The minimum absolute atomic E-state index is 0.0553. The molecule has 0 radical (unpaired) electrons. The normalized spacial score (nSPS) is 15.2. The number of aldehydes is 1. The number of aromatic nitrogens is 3. The minimum atomic E-state index is -0.453. The Morgan fingerprint density at radius 3 is 2.78 bits per heavy atom. The molecule has 0 bridgehead atoms. The van der Waals surface area contributed by atoms with E-state index in [9.17, 15) is 14.7 Å². The SMILES string of the molecule is CSNc1cc(-c2ccn3nc(N)c(C(=O)NC(C)CO)c3n2)cc(CN(C)C(C)C2CC2)c1C=O. The molecule has 2 atom stereocenters. The molecule has 2 unspecified atom stereocenters. The van der Waals surface area contributed by atoms with Crippen LogP contribution in [0.4, 0.5) is 11.5 Å². The lowest BCUT2D eigenvalue weighted by molar-refractivity contribution is 0.0924. The van der Waals surface area contributed by atoms with E-state index in [0.717, 1.165) is 17.4 Å². The van der Waals surface area contributed by atoms with Gasteiger partial charge in [-0.05, 0) is 63.4 Å². The van der Waals surface area contributed by atoms with E-state index in [1.807, 2.05) is 18.4 Å². The number of hydrogen-bond donors (Lipinski definition) is 4. The highest BCUT2D eigenvalue weighted by atomic mass is 32.2. The number of nitrogen functional groups attached to an aromatic ring is 1. The van der Waals surface area contributed by atoms with E-state index in [1.165, 1.54) is 29.3 Å². The molecular formula is C25H33N7O3S. The number of aliphatic hydroxyl groups is 1. The van der Waals surface area contributed by atoms with Gasteiger partial charge in [-0.1, -0.05) is 11.9 Å². The van der Waals surface area contributed by atoms with Crippen molar-refractivity contribution in [3.63, 3.8) is 0 Å². The van der Waals surface area contributed by atoms with Gasteiger partial charge in [-0.3, -0.25) is 14.5 Å². The maximum atomic E-state index is 12.8. The van der Waals surface area contributed by atoms with Gasteiger partial charge in [0.25, 0.3) is 5.91 Å². The molecule has 0 saturated heterocycles. The van der Waals surface area contributed by atoms with Crippen LogP contribution >= 0.6 is 11.9 Å². The number of aliphatic hydroxyl groups excluding tert-OH is 1. The van der Waals surface area contributed by atoms with Gasteiger partial charge in [-0.25, -0.2) is 9.50 Å². The molecule has 192 valence electrons. The number of anilines is 2. The van der Waals surface area contributed by atoms with Gasteiger partial charge in [0, 0.05) is 42.2 Å². The van der Waals surface area contributed by atoms with Crippen LogP contribution in [0.1, 0.15) is 53.0 Å². The van der Waals surface area contributed by atoms with Gasteiger partial charge in [0.05, 0.1) is 18.0 Å². The Balaban J connectivity index is 1.77. The maximum absolute atomic E-state index is 12.8. The summed E-state index contributed by atoms with van der Waals surface area (Å²) in [5.74, 6) is 0.307. The molecule has 11 heteroatoms. The Kier molecular flexibility index (Phi) is 7.82. The molecular weight excluding hydrogens is 478 g/mol. The highest BCUT2D eigenvalue weighted by Crippen LogP contribution is 2.36. The monoisotopic (exact) mass is 511 g/mol. The highest BCUT2D eigenvalue weighted by molar-refractivity contribution is 7.99. The fourth-order valence-corrected chi connectivity index (χ4v) is 4.73. The van der Waals surface area contributed by atoms with Gasteiger partial charge < -0.3 is 20.9 Å². The van der Waals surface area contributed by atoms with E-state index < -0.39 is 11.9 Å². The summed E-state index contributed by atoms with van der Waals surface area (Å²) in [6.45, 7) is 4.34. The van der Waals surface area contributed by atoms with Gasteiger partial charge in [0.15, 0.2) is 17.8 Å². The lowest BCUT2D eigenvalue weighted by Gasteiger charge is -2.26. The summed E-state index contributed by atoms with van der Waals surface area (Å²) in [7, 11) is 2.09. The number of benzene rings is 1. The van der Waals surface area contributed by atoms with Gasteiger partial charge in [-0.2, -0.15) is 0 Å². The Labute approximate surface area is 214 Å². The zero-order valence-electron chi connectivity index (χ0n) is 21.0. The van der Waals surface area contributed by atoms with Crippen LogP contribution in [0.15, 0.2) is 24.4 Å². The second-order valence-electron chi connectivity index (χ2n) is 9.41. The van der Waals surface area contributed by atoms with Gasteiger partial charge in [-0.15, -0.1) is 5.10 Å². The van der Waals surface area contributed by atoms with E-state index in [1.54, 1.807) is 19.2 Å². The number of amides is 1. The van der Waals surface area contributed by atoms with E-state index in [4.69, 9.17) is 10.7 Å². The summed E-state index contributed by atoms with van der Waals surface area (Å²) in [5.41, 5.74) is 10.2. The molecule has 10 nitrogen and oxygen atoms in total. The third kappa shape index (κ3) is 5.32. The summed E-state index contributed by atoms with van der Waals surface area (Å²) in [4.78, 5) is 31.9. The summed E-state index contributed by atoms with van der Waals surface area (Å²) in [6, 6.07) is 5.66. The Bertz CT molecular complexity index is 1270. The summed E-state index contributed by atoms with van der Waals surface area (Å²) in [6.07, 6.45) is 7.00. The summed E-state index contributed by atoms with van der Waals surface area (Å²) >= 11 is 1.41. The van der Waals surface area contributed by atoms with Crippen LogP contribution in [0, 0.1) is 5.92 Å². The van der Waals surface area contributed by atoms with Crippen molar-refractivity contribution in [1.82, 2.24) is 24.8 Å². The first-order valence-electron chi connectivity index (χ1n) is 12.0. The number of nitrogens with zero attached hydrogens (tertiary/aromatic N) is 4. The van der Waals surface area contributed by atoms with E-state index in [0.29, 0.717) is 41.1 Å². The Morgan fingerprint density at radius 2 is 2.14 bits per heavy atom. The zero-order valence-corrected chi connectivity index (χ0v) is 21.8. The average molecular weight is 512 g/mol. The van der Waals surface area contributed by atoms with Crippen molar-refractivity contribution in [2.45, 2.75) is 45.3 Å². The summed E-state index contributed by atoms with van der Waals surface area (Å²) in [5, 5.41) is 16.2. The van der Waals surface area contributed by atoms with Crippen LogP contribution in [0.3, 0.4) is 0 Å². The highest BCUT2D eigenvalue weighted by Gasteiger charge is 2.31. The number of hydrogen-bond acceptors (Lipinski definition) is 9. The number of fused-ring (bicyclic) bond motifs is 1. The maximum Gasteiger partial charge on any atom is 0.259 e. The van der Waals surface area contributed by atoms with Gasteiger partial charge in [0.2, 0.25) is 0 Å². The van der Waals surface area contributed by atoms with Crippen LogP contribution in [0.25, 0.3) is 16.9 Å². The molecule has 0 spiro atoms. The molecule has 1 saturated carbocycles. The molecule has 5 N–H and O–H groups in total. The fraction of sp³-hybridized carbons (Fsp3) is 0.440. The third-order valence-corrected chi connectivity index (χ3v) is 7.13. The molecule has 1 aliphatic carbocycles. The lowest BCUT2D eigenvalue weighted by Crippen LogP contribution is -2.35. The number of carbonyl (C=O) groups excluding carboxylic acids is 2. The van der Waals surface area contributed by atoms with E-state index in [2.05, 4.69) is 34.0 Å². The Hall–Kier alpha value is -3.15. The zero-order chi connectivity index (χ0) is 26.0. The molecule has 1 amide bonds. The number of carbonyl (C=O) groups is 2. The standard InChI is InChI=1S/C25H33N7O3S/c1-14(12-33)27-25(35)22-23(26)29-32-8-7-20(28-24(22)32)17-9-18(11-31(3)15(2)16-5-6-16)19(13-34)21(10-17)30-36-4/h7-10,13-16,30,33H,5-6,11-12H2,1-4H3,(H2,26,29)(H,27,35). The minimum Gasteiger partial charge on any atom is -0.394 e. The third-order valence-electron chi connectivity index (χ3n) is 6.70. The van der Waals surface area contributed by atoms with Gasteiger partial charge in [0.1, 0.15) is 5.56 Å². The fourth-order valence-electron chi connectivity index (χ4n) is 4.34. The summed E-state index contributed by atoms with van der Waals surface area (Å²) < 4.78 is 4.69. The second-order valence-corrected chi connectivity index (χ2v) is 10.0. The van der Waals surface area contributed by atoms with Crippen molar-refractivity contribution in [3.05, 3.63) is 41.1 Å². The van der Waals surface area contributed by atoms with E-state index in [-0.39, 0.29) is 18.0 Å². The first-order chi connectivity index (χ1) is 17.3. The molecule has 4 rings (SSSR count). The van der Waals surface area contributed by atoms with Crippen LogP contribution in [-0.2, 0) is 6.54 Å². The molecule has 36 heavy (non-hydrogen) atoms. The van der Waals surface area contributed by atoms with Gasteiger partial charge >= 0.3 is 0 Å². The number of nitrogens with two attached hydrogens (primary N) is 1. The number of nitrogens with one attached hydrogen (secondary N) is 2. The van der Waals surface area contributed by atoms with E-state index >= 15 is 0 Å². The van der Waals surface area contributed by atoms with Crippen LogP contribution in [0.2, 0.25) is 0 Å². The number of rotatable bonds is 11. The van der Waals surface area contributed by atoms with Crippen molar-refractivity contribution in [2.75, 3.05) is 30.4 Å². The molecule has 1 fully saturated rings. The topological polar surface area (TPSA) is 138 Å². The largest absolute Gasteiger partial charge is 0.394 e. The van der Waals surface area contributed by atoms with Crippen molar-refractivity contribution in [3.8, 4) is 11.3 Å². The first-order valence-corrected chi connectivity index (χ1v) is 13.2. The quantitative estimate of drug-likeness (QED) is 0.226. The molecule has 1 aromatic carbocycles.